The van der Waals surface area contributed by atoms with Gasteiger partial charge in [-0.2, -0.15) is 0 Å². The minimum Gasteiger partial charge on any atom is -0.465 e. The Morgan fingerprint density at radius 1 is 1.57 bits per heavy atom. The molecule has 0 aromatic rings. The van der Waals surface area contributed by atoms with Crippen molar-refractivity contribution in [3.05, 3.63) is 0 Å². The van der Waals surface area contributed by atoms with Crippen LogP contribution in [-0.4, -0.2) is 25.7 Å². The first-order valence-corrected chi connectivity index (χ1v) is 5.57. The molecule has 3 nitrogen and oxygen atoms in total. The van der Waals surface area contributed by atoms with E-state index < -0.39 is 0 Å². The monoisotopic (exact) mass is 199 g/mol. The molecule has 1 N–H and O–H groups in total. The first kappa shape index (κ1) is 11.5. The van der Waals surface area contributed by atoms with E-state index in [0.717, 1.165) is 19.5 Å². The first-order valence-electron chi connectivity index (χ1n) is 5.57. The molecule has 1 heterocycles. The van der Waals surface area contributed by atoms with Gasteiger partial charge in [0.25, 0.3) is 0 Å². The zero-order valence-electron chi connectivity index (χ0n) is 9.21. The maximum atomic E-state index is 11.1. The summed E-state index contributed by atoms with van der Waals surface area (Å²) in [6.07, 6.45) is 3.53. The van der Waals surface area contributed by atoms with Crippen LogP contribution in [0.5, 0.6) is 0 Å². The number of esters is 1. The quantitative estimate of drug-likeness (QED) is 0.698. The van der Waals surface area contributed by atoms with Crippen molar-refractivity contribution in [3.63, 3.8) is 0 Å². The molecule has 1 rings (SSSR count). The van der Waals surface area contributed by atoms with Crippen LogP contribution in [0.3, 0.4) is 0 Å². The summed E-state index contributed by atoms with van der Waals surface area (Å²) in [6.45, 7) is 6.54. The van der Waals surface area contributed by atoms with Crippen LogP contribution in [0, 0.1) is 11.8 Å². The van der Waals surface area contributed by atoms with E-state index in [0.29, 0.717) is 12.5 Å². The van der Waals surface area contributed by atoms with Gasteiger partial charge in [-0.1, -0.05) is 13.8 Å². The second-order valence-electron chi connectivity index (χ2n) is 4.32. The topological polar surface area (TPSA) is 38.3 Å². The molecule has 1 atom stereocenters. The van der Waals surface area contributed by atoms with Crippen molar-refractivity contribution in [2.24, 2.45) is 11.8 Å². The number of piperidine rings is 1. The van der Waals surface area contributed by atoms with Crippen molar-refractivity contribution in [1.82, 2.24) is 5.32 Å². The molecule has 0 spiro atoms. The molecule has 0 amide bonds. The zero-order chi connectivity index (χ0) is 10.4. The Kier molecular flexibility index (Phi) is 4.94. The van der Waals surface area contributed by atoms with Crippen LogP contribution >= 0.6 is 0 Å². The van der Waals surface area contributed by atoms with Gasteiger partial charge in [-0.05, 0) is 38.3 Å². The van der Waals surface area contributed by atoms with Crippen LogP contribution in [-0.2, 0) is 9.53 Å². The normalized spacial score (nSPS) is 22.4. The van der Waals surface area contributed by atoms with Gasteiger partial charge in [-0.3, -0.25) is 4.79 Å². The maximum Gasteiger partial charge on any atom is 0.308 e. The van der Waals surface area contributed by atoms with Gasteiger partial charge in [-0.15, -0.1) is 0 Å². The Bertz CT molecular complexity index is 174. The largest absolute Gasteiger partial charge is 0.465 e. The van der Waals surface area contributed by atoms with E-state index in [4.69, 9.17) is 4.74 Å². The molecule has 1 aliphatic heterocycles. The highest BCUT2D eigenvalue weighted by molar-refractivity contribution is 5.71. The lowest BCUT2D eigenvalue weighted by atomic mass is 9.97. The summed E-state index contributed by atoms with van der Waals surface area (Å²) in [4.78, 5) is 11.1. The molecule has 0 saturated carbocycles. The minimum atomic E-state index is -0.0752. The fourth-order valence-corrected chi connectivity index (χ4v) is 1.66. The average molecular weight is 199 g/mol. The molecule has 1 saturated heterocycles. The molecule has 1 aliphatic rings. The van der Waals surface area contributed by atoms with Crippen LogP contribution in [0.2, 0.25) is 0 Å². The second kappa shape index (κ2) is 6.02. The van der Waals surface area contributed by atoms with Crippen molar-refractivity contribution < 1.29 is 9.53 Å². The lowest BCUT2D eigenvalue weighted by Crippen LogP contribution is -2.30. The molecule has 3 heteroatoms. The Morgan fingerprint density at radius 3 is 2.93 bits per heavy atom. The van der Waals surface area contributed by atoms with E-state index in [9.17, 15) is 4.79 Å². The number of nitrogens with one attached hydrogen (secondary N) is 1. The standard InChI is InChI=1S/C11H21NO2/c1-9(2)11(13)14-7-5-10-4-3-6-12-8-10/h9-10,12H,3-8H2,1-2H3. The summed E-state index contributed by atoms with van der Waals surface area (Å²) in [7, 11) is 0. The smallest absolute Gasteiger partial charge is 0.308 e. The molecule has 0 aliphatic carbocycles. The van der Waals surface area contributed by atoms with Crippen molar-refractivity contribution in [3.8, 4) is 0 Å². The molecule has 14 heavy (non-hydrogen) atoms. The van der Waals surface area contributed by atoms with E-state index in [1.807, 2.05) is 13.8 Å². The predicted octanol–water partition coefficient (Wildman–Crippen LogP) is 1.58. The fourth-order valence-electron chi connectivity index (χ4n) is 1.66. The molecule has 0 aromatic carbocycles. The van der Waals surface area contributed by atoms with Gasteiger partial charge in [0, 0.05) is 0 Å². The summed E-state index contributed by atoms with van der Waals surface area (Å²) in [6, 6.07) is 0. The van der Waals surface area contributed by atoms with Gasteiger partial charge in [-0.25, -0.2) is 0 Å². The Hall–Kier alpha value is -0.570. The number of ether oxygens (including phenoxy) is 1. The third-order valence-electron chi connectivity index (χ3n) is 2.64. The Balaban J connectivity index is 2.05. The number of rotatable bonds is 4. The summed E-state index contributed by atoms with van der Waals surface area (Å²) in [5.74, 6) is 0.622. The second-order valence-corrected chi connectivity index (χ2v) is 4.32. The summed E-state index contributed by atoms with van der Waals surface area (Å²) < 4.78 is 5.14. The van der Waals surface area contributed by atoms with E-state index in [-0.39, 0.29) is 11.9 Å². The van der Waals surface area contributed by atoms with Crippen molar-refractivity contribution in [1.29, 1.82) is 0 Å². The highest BCUT2D eigenvalue weighted by Crippen LogP contribution is 2.13. The summed E-state index contributed by atoms with van der Waals surface area (Å²) >= 11 is 0. The molecule has 1 unspecified atom stereocenters. The average Bonchev–Trinajstić information content (AvgIpc) is 2.19. The van der Waals surface area contributed by atoms with Gasteiger partial charge < -0.3 is 10.1 Å². The number of hydrogen-bond acceptors (Lipinski definition) is 3. The third kappa shape index (κ3) is 4.09. The number of carbonyl (C=O) groups is 1. The SMILES string of the molecule is CC(C)C(=O)OCCC1CCCNC1. The van der Waals surface area contributed by atoms with Crippen LogP contribution in [0.4, 0.5) is 0 Å². The third-order valence-corrected chi connectivity index (χ3v) is 2.64. The van der Waals surface area contributed by atoms with Gasteiger partial charge in [0.15, 0.2) is 0 Å². The first-order chi connectivity index (χ1) is 6.70. The minimum absolute atomic E-state index is 0.000481. The lowest BCUT2D eigenvalue weighted by Gasteiger charge is -2.22. The maximum absolute atomic E-state index is 11.1. The molecule has 0 radical (unpaired) electrons. The van der Waals surface area contributed by atoms with Crippen LogP contribution < -0.4 is 5.32 Å². The van der Waals surface area contributed by atoms with Crippen LogP contribution in [0.15, 0.2) is 0 Å². The van der Waals surface area contributed by atoms with Crippen LogP contribution in [0.1, 0.15) is 33.1 Å². The fraction of sp³-hybridized carbons (Fsp3) is 0.909. The zero-order valence-corrected chi connectivity index (χ0v) is 9.21. The van der Waals surface area contributed by atoms with Gasteiger partial charge in [0.05, 0.1) is 12.5 Å². The van der Waals surface area contributed by atoms with E-state index in [1.165, 1.54) is 12.8 Å². The number of hydrogen-bond donors (Lipinski definition) is 1. The summed E-state index contributed by atoms with van der Waals surface area (Å²) in [5.41, 5.74) is 0. The van der Waals surface area contributed by atoms with Gasteiger partial charge in [0.1, 0.15) is 0 Å². The van der Waals surface area contributed by atoms with E-state index in [1.54, 1.807) is 0 Å². The molecule has 82 valence electrons. The van der Waals surface area contributed by atoms with Crippen molar-refractivity contribution in [2.75, 3.05) is 19.7 Å². The predicted molar refractivity (Wildman–Crippen MR) is 56.0 cm³/mol. The van der Waals surface area contributed by atoms with Crippen molar-refractivity contribution >= 4 is 5.97 Å². The highest BCUT2D eigenvalue weighted by atomic mass is 16.5. The lowest BCUT2D eigenvalue weighted by molar-refractivity contribution is -0.147. The highest BCUT2D eigenvalue weighted by Gasteiger charge is 2.14. The van der Waals surface area contributed by atoms with E-state index >= 15 is 0 Å². The summed E-state index contributed by atoms with van der Waals surface area (Å²) in [5, 5.41) is 3.36. The van der Waals surface area contributed by atoms with Gasteiger partial charge >= 0.3 is 5.97 Å². The Morgan fingerprint density at radius 2 is 2.36 bits per heavy atom. The molecular formula is C11H21NO2. The van der Waals surface area contributed by atoms with Gasteiger partial charge in [0.2, 0.25) is 0 Å². The number of carbonyl (C=O) groups excluding carboxylic acids is 1. The molecule has 0 aromatic heterocycles. The Labute approximate surface area is 86.2 Å². The van der Waals surface area contributed by atoms with E-state index in [2.05, 4.69) is 5.32 Å². The molecule has 1 fully saturated rings. The molecular weight excluding hydrogens is 178 g/mol. The van der Waals surface area contributed by atoms with Crippen molar-refractivity contribution in [2.45, 2.75) is 33.1 Å². The van der Waals surface area contributed by atoms with Crippen LogP contribution in [0.25, 0.3) is 0 Å². The molecule has 0 bridgehead atoms.